The minimum Gasteiger partial charge on any atom is -0.318 e. The molecule has 2 rings (SSSR count). The van der Waals surface area contributed by atoms with Crippen molar-refractivity contribution in [1.29, 1.82) is 0 Å². The van der Waals surface area contributed by atoms with Gasteiger partial charge in [-0.25, -0.2) is 0 Å². The van der Waals surface area contributed by atoms with E-state index in [0.717, 1.165) is 10.2 Å². The number of carbonyl (C=O) groups is 1. The summed E-state index contributed by atoms with van der Waals surface area (Å²) < 4.78 is 2.74. The minimum absolute atomic E-state index is 0.116. The van der Waals surface area contributed by atoms with Crippen molar-refractivity contribution in [2.75, 3.05) is 0 Å². The van der Waals surface area contributed by atoms with Crippen LogP contribution in [0.5, 0.6) is 0 Å². The number of nitrogens with zero attached hydrogens (tertiary/aromatic N) is 2. The Bertz CT molecular complexity index is 685. The van der Waals surface area contributed by atoms with E-state index in [0.29, 0.717) is 14.8 Å². The molecular weight excluding hydrogens is 291 g/mol. The summed E-state index contributed by atoms with van der Waals surface area (Å²) in [6.07, 6.45) is 0. The third kappa shape index (κ3) is 2.46. The Morgan fingerprint density at radius 3 is 2.67 bits per heavy atom. The number of amides is 1. The zero-order valence-electron chi connectivity index (χ0n) is 10.2. The van der Waals surface area contributed by atoms with Gasteiger partial charge in [0, 0.05) is 18.0 Å². The molecule has 0 radical (unpaired) electrons. The van der Waals surface area contributed by atoms with E-state index in [1.807, 2.05) is 31.5 Å². The lowest BCUT2D eigenvalue weighted by Crippen LogP contribution is -2.15. The van der Waals surface area contributed by atoms with Crippen molar-refractivity contribution in [3.8, 4) is 0 Å². The maximum absolute atomic E-state index is 11.7. The predicted octanol–water partition coefficient (Wildman–Crippen LogP) is 3.63. The maximum Gasteiger partial charge on any atom is 0.250 e. The molecule has 2 aromatic rings. The van der Waals surface area contributed by atoms with Gasteiger partial charge in [0.1, 0.15) is 0 Å². The summed E-state index contributed by atoms with van der Waals surface area (Å²) in [5, 5.41) is 1.14. The second-order valence-corrected chi connectivity index (χ2v) is 6.14. The zero-order chi connectivity index (χ0) is 13.4. The van der Waals surface area contributed by atoms with Crippen molar-refractivity contribution in [2.24, 2.45) is 18.0 Å². The average molecular weight is 303 g/mol. The molecule has 1 aromatic carbocycles. The largest absolute Gasteiger partial charge is 0.318 e. The molecule has 0 aliphatic carbocycles. The summed E-state index contributed by atoms with van der Waals surface area (Å²) >= 11 is 13.5. The van der Waals surface area contributed by atoms with Crippen LogP contribution in [0, 0.1) is 5.92 Å². The van der Waals surface area contributed by atoms with Crippen LogP contribution in [0.15, 0.2) is 17.1 Å². The Balaban J connectivity index is 2.72. The van der Waals surface area contributed by atoms with Crippen LogP contribution in [0.1, 0.15) is 13.8 Å². The summed E-state index contributed by atoms with van der Waals surface area (Å²) in [6, 6.07) is 3.51. The van der Waals surface area contributed by atoms with Gasteiger partial charge in [-0.15, -0.1) is 0 Å². The van der Waals surface area contributed by atoms with Gasteiger partial charge in [-0.1, -0.05) is 48.4 Å². The van der Waals surface area contributed by atoms with E-state index in [1.165, 1.54) is 11.3 Å². The highest BCUT2D eigenvalue weighted by Crippen LogP contribution is 2.29. The van der Waals surface area contributed by atoms with Gasteiger partial charge in [0.15, 0.2) is 4.80 Å². The number of hydrogen-bond acceptors (Lipinski definition) is 2. The molecule has 0 N–H and O–H groups in total. The zero-order valence-corrected chi connectivity index (χ0v) is 12.5. The normalized spacial score (nSPS) is 12.7. The topological polar surface area (TPSA) is 34.4 Å². The summed E-state index contributed by atoms with van der Waals surface area (Å²) in [5.41, 5.74) is 0.848. The fraction of sp³-hybridized carbons (Fsp3) is 0.333. The van der Waals surface area contributed by atoms with Crippen LogP contribution in [0.25, 0.3) is 10.2 Å². The highest BCUT2D eigenvalue weighted by molar-refractivity contribution is 7.16. The van der Waals surface area contributed by atoms with Crippen molar-refractivity contribution >= 4 is 50.7 Å². The van der Waals surface area contributed by atoms with Crippen LogP contribution in [0.4, 0.5) is 0 Å². The maximum atomic E-state index is 11.7. The Labute approximate surface area is 119 Å². The Hall–Kier alpha value is -0.840. The van der Waals surface area contributed by atoms with E-state index in [4.69, 9.17) is 23.2 Å². The standard InChI is InChI=1S/C12H12Cl2N2OS/c1-6(2)11(17)15-12-16(3)10-8(14)4-7(13)5-9(10)18-12/h4-6H,1-3H3. The molecule has 6 heteroatoms. The molecule has 0 spiro atoms. The molecule has 18 heavy (non-hydrogen) atoms. The van der Waals surface area contributed by atoms with E-state index < -0.39 is 0 Å². The second kappa shape index (κ2) is 5.03. The molecule has 0 saturated heterocycles. The first-order valence-corrected chi connectivity index (χ1v) is 7.00. The third-order valence-corrected chi connectivity index (χ3v) is 4.10. The summed E-state index contributed by atoms with van der Waals surface area (Å²) in [5.74, 6) is -0.256. The first kappa shape index (κ1) is 13.6. The molecule has 1 aromatic heterocycles. The molecule has 3 nitrogen and oxygen atoms in total. The van der Waals surface area contributed by atoms with Crippen LogP contribution < -0.4 is 4.80 Å². The highest BCUT2D eigenvalue weighted by atomic mass is 35.5. The fourth-order valence-corrected chi connectivity index (χ4v) is 3.36. The molecule has 0 bridgehead atoms. The highest BCUT2D eigenvalue weighted by Gasteiger charge is 2.10. The van der Waals surface area contributed by atoms with E-state index in [9.17, 15) is 4.79 Å². The molecule has 1 amide bonds. The van der Waals surface area contributed by atoms with Gasteiger partial charge in [0.25, 0.3) is 5.91 Å². The number of hydrogen-bond donors (Lipinski definition) is 0. The molecule has 0 aliphatic rings. The smallest absolute Gasteiger partial charge is 0.250 e. The van der Waals surface area contributed by atoms with Crippen LogP contribution in [-0.2, 0) is 11.8 Å². The molecule has 0 atom stereocenters. The van der Waals surface area contributed by atoms with Gasteiger partial charge >= 0.3 is 0 Å². The van der Waals surface area contributed by atoms with Gasteiger partial charge in [0.05, 0.1) is 15.2 Å². The van der Waals surface area contributed by atoms with Gasteiger partial charge in [0.2, 0.25) is 0 Å². The number of fused-ring (bicyclic) bond motifs is 1. The van der Waals surface area contributed by atoms with Gasteiger partial charge in [-0.05, 0) is 12.1 Å². The molecule has 0 saturated carbocycles. The lowest BCUT2D eigenvalue weighted by Gasteiger charge is -1.99. The van der Waals surface area contributed by atoms with Crippen LogP contribution in [0.3, 0.4) is 0 Å². The minimum atomic E-state index is -0.139. The number of aryl methyl sites for hydroxylation is 1. The van der Waals surface area contributed by atoms with Crippen molar-refractivity contribution in [3.63, 3.8) is 0 Å². The Morgan fingerprint density at radius 2 is 2.06 bits per heavy atom. The Kier molecular flexibility index (Phi) is 3.80. The predicted molar refractivity (Wildman–Crippen MR) is 76.2 cm³/mol. The van der Waals surface area contributed by atoms with Gasteiger partial charge in [-0.2, -0.15) is 4.99 Å². The Morgan fingerprint density at radius 1 is 1.39 bits per heavy atom. The van der Waals surface area contributed by atoms with Crippen molar-refractivity contribution in [1.82, 2.24) is 4.57 Å². The fourth-order valence-electron chi connectivity index (χ4n) is 1.53. The number of halogens is 2. The van der Waals surface area contributed by atoms with E-state index in [1.54, 1.807) is 6.07 Å². The summed E-state index contributed by atoms with van der Waals surface area (Å²) in [7, 11) is 1.84. The lowest BCUT2D eigenvalue weighted by molar-refractivity contribution is -0.120. The lowest BCUT2D eigenvalue weighted by atomic mass is 10.2. The van der Waals surface area contributed by atoms with Crippen molar-refractivity contribution in [3.05, 3.63) is 27.0 Å². The van der Waals surface area contributed by atoms with E-state index in [-0.39, 0.29) is 11.8 Å². The summed E-state index contributed by atoms with van der Waals surface area (Å²) in [4.78, 5) is 16.4. The van der Waals surface area contributed by atoms with Crippen molar-refractivity contribution in [2.45, 2.75) is 13.8 Å². The van der Waals surface area contributed by atoms with E-state index in [2.05, 4.69) is 4.99 Å². The summed E-state index contributed by atoms with van der Waals surface area (Å²) in [6.45, 7) is 3.64. The van der Waals surface area contributed by atoms with Gasteiger partial charge < -0.3 is 4.57 Å². The van der Waals surface area contributed by atoms with E-state index >= 15 is 0 Å². The first-order valence-electron chi connectivity index (χ1n) is 5.43. The third-order valence-electron chi connectivity index (χ3n) is 2.52. The van der Waals surface area contributed by atoms with Crippen LogP contribution in [0.2, 0.25) is 10.0 Å². The number of thiazole rings is 1. The molecule has 1 heterocycles. The molecule has 0 unspecified atom stereocenters. The average Bonchev–Trinajstić information content (AvgIpc) is 2.55. The van der Waals surface area contributed by atoms with Crippen molar-refractivity contribution < 1.29 is 4.79 Å². The number of rotatable bonds is 1. The quantitative estimate of drug-likeness (QED) is 0.792. The second-order valence-electron chi connectivity index (χ2n) is 4.28. The number of carbonyl (C=O) groups excluding carboxylic acids is 1. The molecule has 96 valence electrons. The molecule has 0 aliphatic heterocycles. The van der Waals surface area contributed by atoms with Crippen LogP contribution >= 0.6 is 34.5 Å². The molecule has 0 fully saturated rings. The first-order chi connectivity index (χ1) is 8.40. The number of aromatic nitrogens is 1. The SMILES string of the molecule is CC(C)C(=O)N=c1sc2cc(Cl)cc(Cl)c2n1C. The number of benzene rings is 1. The monoisotopic (exact) mass is 302 g/mol. The van der Waals surface area contributed by atoms with Crippen LogP contribution in [-0.4, -0.2) is 10.5 Å². The molecular formula is C12H12Cl2N2OS. The van der Waals surface area contributed by atoms with Gasteiger partial charge in [-0.3, -0.25) is 4.79 Å².